The van der Waals surface area contributed by atoms with Gasteiger partial charge in [0.05, 0.1) is 6.54 Å². The van der Waals surface area contributed by atoms with Crippen LogP contribution in [0.1, 0.15) is 15.9 Å². The summed E-state index contributed by atoms with van der Waals surface area (Å²) in [7, 11) is 0. The molecular formula is C24H25N3O2. The maximum Gasteiger partial charge on any atom is 0.253 e. The first-order valence-electron chi connectivity index (χ1n) is 9.95. The lowest BCUT2D eigenvalue weighted by Crippen LogP contribution is -2.50. The zero-order valence-corrected chi connectivity index (χ0v) is 16.6. The van der Waals surface area contributed by atoms with Gasteiger partial charge in [0.15, 0.2) is 0 Å². The third-order valence-electron chi connectivity index (χ3n) is 5.36. The Hall–Kier alpha value is -3.18. The number of nitrogens with zero attached hydrogens (tertiary/aromatic N) is 2. The maximum absolute atomic E-state index is 12.9. The maximum atomic E-state index is 12.9. The molecule has 1 saturated heterocycles. The van der Waals surface area contributed by atoms with Crippen molar-refractivity contribution in [3.8, 4) is 0 Å². The van der Waals surface area contributed by atoms with Crippen LogP contribution in [0.25, 0.3) is 10.8 Å². The molecule has 3 aromatic rings. The second-order valence-electron chi connectivity index (χ2n) is 7.54. The van der Waals surface area contributed by atoms with Gasteiger partial charge in [0.1, 0.15) is 0 Å². The van der Waals surface area contributed by atoms with E-state index in [1.165, 1.54) is 0 Å². The van der Waals surface area contributed by atoms with Crippen molar-refractivity contribution >= 4 is 28.3 Å². The molecule has 0 aromatic heterocycles. The van der Waals surface area contributed by atoms with Crippen LogP contribution in [0.3, 0.4) is 0 Å². The standard InChI is InChI=1S/C24H25N3O2/c1-18-6-10-22(11-7-18)25-23(28)17-26-12-14-27(15-13-26)24(29)21-9-8-19-4-2-3-5-20(19)16-21/h2-11,16H,12-15,17H2,1H3,(H,25,28). The van der Waals surface area contributed by atoms with E-state index in [1.54, 1.807) is 0 Å². The number of aryl methyl sites for hydroxylation is 1. The second kappa shape index (κ2) is 8.45. The average Bonchev–Trinajstić information content (AvgIpc) is 2.75. The first kappa shape index (κ1) is 19.2. The molecule has 0 aliphatic carbocycles. The van der Waals surface area contributed by atoms with Crippen LogP contribution in [-0.4, -0.2) is 54.3 Å². The van der Waals surface area contributed by atoms with Gasteiger partial charge in [-0.15, -0.1) is 0 Å². The van der Waals surface area contributed by atoms with Crippen LogP contribution in [0.2, 0.25) is 0 Å². The van der Waals surface area contributed by atoms with E-state index < -0.39 is 0 Å². The topological polar surface area (TPSA) is 52.7 Å². The number of piperazine rings is 1. The van der Waals surface area contributed by atoms with E-state index in [2.05, 4.69) is 10.2 Å². The van der Waals surface area contributed by atoms with Gasteiger partial charge in [-0.3, -0.25) is 14.5 Å². The van der Waals surface area contributed by atoms with Gasteiger partial charge >= 0.3 is 0 Å². The molecule has 1 aliphatic heterocycles. The van der Waals surface area contributed by atoms with Crippen LogP contribution in [0.4, 0.5) is 5.69 Å². The van der Waals surface area contributed by atoms with E-state index in [-0.39, 0.29) is 11.8 Å². The summed E-state index contributed by atoms with van der Waals surface area (Å²) in [5.74, 6) is 0.0302. The van der Waals surface area contributed by atoms with Crippen LogP contribution in [-0.2, 0) is 4.79 Å². The normalized spacial score (nSPS) is 14.7. The van der Waals surface area contributed by atoms with Crippen LogP contribution in [0, 0.1) is 6.92 Å². The lowest BCUT2D eigenvalue weighted by atomic mass is 10.1. The Morgan fingerprint density at radius 3 is 2.28 bits per heavy atom. The summed E-state index contributed by atoms with van der Waals surface area (Å²) < 4.78 is 0. The van der Waals surface area contributed by atoms with E-state index >= 15 is 0 Å². The Balaban J connectivity index is 1.30. The highest BCUT2D eigenvalue weighted by molar-refractivity contribution is 5.98. The van der Waals surface area contributed by atoms with E-state index in [9.17, 15) is 9.59 Å². The highest BCUT2D eigenvalue weighted by atomic mass is 16.2. The third-order valence-corrected chi connectivity index (χ3v) is 5.36. The number of rotatable bonds is 4. The fourth-order valence-electron chi connectivity index (χ4n) is 3.65. The van der Waals surface area contributed by atoms with Crippen molar-refractivity contribution in [3.63, 3.8) is 0 Å². The number of nitrogens with one attached hydrogen (secondary N) is 1. The molecule has 29 heavy (non-hydrogen) atoms. The smallest absolute Gasteiger partial charge is 0.253 e. The molecule has 1 heterocycles. The monoisotopic (exact) mass is 387 g/mol. The number of amides is 2. The minimum absolute atomic E-state index is 0.0249. The van der Waals surface area contributed by atoms with Crippen molar-refractivity contribution in [1.29, 1.82) is 0 Å². The van der Waals surface area contributed by atoms with Crippen molar-refractivity contribution in [2.24, 2.45) is 0 Å². The van der Waals surface area contributed by atoms with E-state index in [0.29, 0.717) is 38.3 Å². The molecule has 0 radical (unpaired) electrons. The minimum atomic E-state index is -0.0249. The van der Waals surface area contributed by atoms with Gasteiger partial charge < -0.3 is 10.2 Å². The molecule has 3 aromatic carbocycles. The van der Waals surface area contributed by atoms with Gasteiger partial charge in [0, 0.05) is 37.4 Å². The Labute approximate surface area is 170 Å². The van der Waals surface area contributed by atoms with Crippen LogP contribution < -0.4 is 5.32 Å². The number of hydrogen-bond acceptors (Lipinski definition) is 3. The van der Waals surface area contributed by atoms with E-state index in [0.717, 1.165) is 22.0 Å². The molecule has 4 rings (SSSR count). The van der Waals surface area contributed by atoms with Gasteiger partial charge in [-0.2, -0.15) is 0 Å². The molecule has 1 N–H and O–H groups in total. The number of benzene rings is 3. The first-order valence-corrected chi connectivity index (χ1v) is 9.95. The Bertz CT molecular complexity index is 1020. The summed E-state index contributed by atoms with van der Waals surface area (Å²) in [6.45, 7) is 5.00. The van der Waals surface area contributed by atoms with Crippen LogP contribution in [0.15, 0.2) is 66.7 Å². The largest absolute Gasteiger partial charge is 0.336 e. The second-order valence-corrected chi connectivity index (χ2v) is 7.54. The fourth-order valence-corrected chi connectivity index (χ4v) is 3.65. The van der Waals surface area contributed by atoms with Crippen molar-refractivity contribution in [3.05, 3.63) is 77.9 Å². The summed E-state index contributed by atoms with van der Waals surface area (Å²) in [4.78, 5) is 29.1. The molecule has 5 nitrogen and oxygen atoms in total. The van der Waals surface area contributed by atoms with Gasteiger partial charge in [0.25, 0.3) is 5.91 Å². The van der Waals surface area contributed by atoms with Gasteiger partial charge in [-0.25, -0.2) is 0 Å². The predicted octanol–water partition coefficient (Wildman–Crippen LogP) is 3.54. The Kier molecular flexibility index (Phi) is 5.58. The highest BCUT2D eigenvalue weighted by Gasteiger charge is 2.23. The molecule has 2 amide bonds. The third kappa shape index (κ3) is 4.63. The lowest BCUT2D eigenvalue weighted by molar-refractivity contribution is -0.117. The quantitative estimate of drug-likeness (QED) is 0.745. The number of carbonyl (C=O) groups excluding carboxylic acids is 2. The number of fused-ring (bicyclic) bond motifs is 1. The van der Waals surface area contributed by atoms with Crippen molar-refractivity contribution in [2.75, 3.05) is 38.0 Å². The zero-order chi connectivity index (χ0) is 20.2. The number of anilines is 1. The zero-order valence-electron chi connectivity index (χ0n) is 16.6. The Morgan fingerprint density at radius 1 is 0.862 bits per heavy atom. The molecule has 5 heteroatoms. The summed E-state index contributed by atoms with van der Waals surface area (Å²) in [5, 5.41) is 5.14. The van der Waals surface area contributed by atoms with Gasteiger partial charge in [-0.05, 0) is 42.0 Å². The molecule has 1 aliphatic rings. The SMILES string of the molecule is Cc1ccc(NC(=O)CN2CCN(C(=O)c3ccc4ccccc4c3)CC2)cc1. The fraction of sp³-hybridized carbons (Fsp3) is 0.250. The molecular weight excluding hydrogens is 362 g/mol. The average molecular weight is 387 g/mol. The highest BCUT2D eigenvalue weighted by Crippen LogP contribution is 2.18. The summed E-state index contributed by atoms with van der Waals surface area (Å²) in [5.41, 5.74) is 2.69. The van der Waals surface area contributed by atoms with Crippen LogP contribution >= 0.6 is 0 Å². The summed E-state index contributed by atoms with van der Waals surface area (Å²) in [6.07, 6.45) is 0. The molecule has 0 atom stereocenters. The summed E-state index contributed by atoms with van der Waals surface area (Å²) in [6, 6.07) is 21.7. The molecule has 0 saturated carbocycles. The first-order chi connectivity index (χ1) is 14.1. The van der Waals surface area contributed by atoms with Gasteiger partial charge in [-0.1, -0.05) is 48.0 Å². The number of hydrogen-bond donors (Lipinski definition) is 1. The molecule has 148 valence electrons. The molecule has 0 spiro atoms. The van der Waals surface area contributed by atoms with Gasteiger partial charge in [0.2, 0.25) is 5.91 Å². The van der Waals surface area contributed by atoms with Crippen LogP contribution in [0.5, 0.6) is 0 Å². The lowest BCUT2D eigenvalue weighted by Gasteiger charge is -2.34. The molecule has 0 unspecified atom stereocenters. The van der Waals surface area contributed by atoms with E-state index in [4.69, 9.17) is 0 Å². The predicted molar refractivity (Wildman–Crippen MR) is 116 cm³/mol. The minimum Gasteiger partial charge on any atom is -0.336 e. The molecule has 1 fully saturated rings. The molecule has 0 bridgehead atoms. The Morgan fingerprint density at radius 2 is 1.55 bits per heavy atom. The van der Waals surface area contributed by atoms with E-state index in [1.807, 2.05) is 78.6 Å². The van der Waals surface area contributed by atoms with Crippen molar-refractivity contribution in [2.45, 2.75) is 6.92 Å². The van der Waals surface area contributed by atoms with Crippen molar-refractivity contribution in [1.82, 2.24) is 9.80 Å². The van der Waals surface area contributed by atoms with Crippen molar-refractivity contribution < 1.29 is 9.59 Å². The number of carbonyl (C=O) groups is 2. The summed E-state index contributed by atoms with van der Waals surface area (Å²) >= 11 is 0.